The van der Waals surface area contributed by atoms with Crippen molar-refractivity contribution in [2.45, 2.75) is 5.41 Å². The Kier molecular flexibility index (Phi) is 7.07. The maximum absolute atomic E-state index is 5.25. The van der Waals surface area contributed by atoms with Gasteiger partial charge in [0.15, 0.2) is 17.5 Å². The van der Waals surface area contributed by atoms with Crippen LogP contribution in [0.25, 0.3) is 84.6 Å². The molecule has 270 valence electrons. The lowest BCUT2D eigenvalue weighted by molar-refractivity contribution is 0.794. The summed E-state index contributed by atoms with van der Waals surface area (Å²) in [6, 6.07) is 68.6. The second-order valence-electron chi connectivity index (χ2n) is 15.0. The Morgan fingerprint density at radius 1 is 0.328 bits per heavy atom. The number of pyridine rings is 1. The minimum absolute atomic E-state index is 0.459. The summed E-state index contributed by atoms with van der Waals surface area (Å²) in [5.41, 5.74) is 17.6. The van der Waals surface area contributed by atoms with Gasteiger partial charge in [0.05, 0.1) is 16.8 Å². The van der Waals surface area contributed by atoms with Gasteiger partial charge in [0.25, 0.3) is 0 Å². The van der Waals surface area contributed by atoms with Crippen LogP contribution in [0.1, 0.15) is 22.3 Å². The van der Waals surface area contributed by atoms with Crippen LogP contribution in [0.2, 0.25) is 0 Å². The van der Waals surface area contributed by atoms with Gasteiger partial charge in [-0.3, -0.25) is 4.40 Å². The van der Waals surface area contributed by atoms with Crippen LogP contribution in [0.3, 0.4) is 0 Å². The van der Waals surface area contributed by atoms with Crippen LogP contribution >= 0.6 is 0 Å². The van der Waals surface area contributed by atoms with Gasteiger partial charge >= 0.3 is 0 Å². The summed E-state index contributed by atoms with van der Waals surface area (Å²) in [5, 5.41) is 0. The summed E-state index contributed by atoms with van der Waals surface area (Å²) in [6.07, 6.45) is 2.07. The molecule has 0 aliphatic heterocycles. The van der Waals surface area contributed by atoms with Crippen molar-refractivity contribution >= 4 is 5.65 Å². The van der Waals surface area contributed by atoms with Gasteiger partial charge in [-0.1, -0.05) is 176 Å². The Hall–Kier alpha value is -7.76. The van der Waals surface area contributed by atoms with Crippen molar-refractivity contribution in [3.63, 3.8) is 0 Å². The van der Waals surface area contributed by atoms with Crippen molar-refractivity contribution < 1.29 is 0 Å². The highest BCUT2D eigenvalue weighted by Gasteiger charge is 2.51. The molecule has 1 spiro atoms. The third-order valence-corrected chi connectivity index (χ3v) is 11.9. The average Bonchev–Trinajstić information content (AvgIpc) is 3.94. The Bertz CT molecular complexity index is 3160. The van der Waals surface area contributed by atoms with Gasteiger partial charge in [0, 0.05) is 34.0 Å². The van der Waals surface area contributed by atoms with Gasteiger partial charge in [0.1, 0.15) is 5.65 Å². The lowest BCUT2D eigenvalue weighted by atomic mass is 9.70. The molecule has 3 aromatic heterocycles. The van der Waals surface area contributed by atoms with E-state index in [1.165, 1.54) is 44.5 Å². The first-order chi connectivity index (χ1) is 28.8. The van der Waals surface area contributed by atoms with E-state index in [1.54, 1.807) is 0 Å². The minimum atomic E-state index is -0.459. The molecular weight excluding hydrogens is 707 g/mol. The van der Waals surface area contributed by atoms with Crippen molar-refractivity contribution in [1.82, 2.24) is 24.3 Å². The molecule has 0 saturated heterocycles. The van der Waals surface area contributed by atoms with E-state index in [-0.39, 0.29) is 0 Å². The summed E-state index contributed by atoms with van der Waals surface area (Å²) < 4.78 is 2.16. The number of aromatic nitrogens is 5. The van der Waals surface area contributed by atoms with Gasteiger partial charge in [-0.15, -0.1) is 0 Å². The zero-order valence-electron chi connectivity index (χ0n) is 31.3. The van der Waals surface area contributed by atoms with Gasteiger partial charge in [-0.2, -0.15) is 0 Å². The van der Waals surface area contributed by atoms with Crippen molar-refractivity contribution in [3.8, 4) is 78.9 Å². The van der Waals surface area contributed by atoms with Crippen LogP contribution in [0.15, 0.2) is 200 Å². The van der Waals surface area contributed by atoms with Gasteiger partial charge < -0.3 is 0 Å². The molecule has 0 atom stereocenters. The molecule has 58 heavy (non-hydrogen) atoms. The fourth-order valence-corrected chi connectivity index (χ4v) is 9.43. The second kappa shape index (κ2) is 12.6. The van der Waals surface area contributed by atoms with E-state index in [2.05, 4.69) is 162 Å². The molecule has 5 heteroatoms. The van der Waals surface area contributed by atoms with Gasteiger partial charge in [-0.05, 0) is 62.7 Å². The van der Waals surface area contributed by atoms with Crippen LogP contribution in [-0.2, 0) is 5.41 Å². The number of hydrogen-bond acceptors (Lipinski definition) is 4. The molecule has 0 fully saturated rings. The maximum atomic E-state index is 5.25. The van der Waals surface area contributed by atoms with Crippen LogP contribution in [0.5, 0.6) is 0 Å². The first-order valence-electron chi connectivity index (χ1n) is 19.6. The van der Waals surface area contributed by atoms with E-state index < -0.39 is 5.41 Å². The van der Waals surface area contributed by atoms with Gasteiger partial charge in [-0.25, -0.2) is 19.9 Å². The first-order valence-corrected chi connectivity index (χ1v) is 19.6. The number of benzene rings is 7. The van der Waals surface area contributed by atoms with Crippen molar-refractivity contribution in [3.05, 3.63) is 223 Å². The van der Waals surface area contributed by atoms with E-state index in [9.17, 15) is 0 Å². The van der Waals surface area contributed by atoms with Gasteiger partial charge in [0.2, 0.25) is 0 Å². The predicted molar refractivity (Wildman–Crippen MR) is 232 cm³/mol. The Morgan fingerprint density at radius 2 is 0.776 bits per heavy atom. The fraction of sp³-hybridized carbons (Fsp3) is 0.0189. The topological polar surface area (TPSA) is 56.0 Å². The normalized spacial score (nSPS) is 13.0. The Balaban J connectivity index is 1.03. The zero-order chi connectivity index (χ0) is 38.2. The van der Waals surface area contributed by atoms with E-state index in [0.29, 0.717) is 17.5 Å². The van der Waals surface area contributed by atoms with E-state index in [0.717, 1.165) is 44.9 Å². The summed E-state index contributed by atoms with van der Waals surface area (Å²) in [6.45, 7) is 0. The van der Waals surface area contributed by atoms with Crippen LogP contribution in [-0.4, -0.2) is 24.3 Å². The SMILES string of the molecule is c1ccc(-c2nc(-c3ccc(-c4c(-c5ccccc5)nc5ccccn45)cc3)nc(-c3ccc4c(c3)C3(c5ccccc5-c5ccccc53)c3ccccc3-4)n2)cc1. The third-order valence-electron chi connectivity index (χ3n) is 11.9. The Labute approximate surface area is 335 Å². The quantitative estimate of drug-likeness (QED) is 0.176. The molecule has 0 saturated carbocycles. The largest absolute Gasteiger partial charge is 0.299 e. The van der Waals surface area contributed by atoms with Crippen molar-refractivity contribution in [1.29, 1.82) is 0 Å². The molecule has 3 heterocycles. The third kappa shape index (κ3) is 4.71. The van der Waals surface area contributed by atoms with E-state index in [4.69, 9.17) is 19.9 Å². The molecule has 0 amide bonds. The van der Waals surface area contributed by atoms with Crippen molar-refractivity contribution in [2.24, 2.45) is 0 Å². The molecule has 2 aliphatic carbocycles. The molecule has 0 radical (unpaired) electrons. The molecule has 0 unspecified atom stereocenters. The van der Waals surface area contributed by atoms with Crippen LogP contribution in [0.4, 0.5) is 0 Å². The zero-order valence-corrected chi connectivity index (χ0v) is 31.3. The highest BCUT2D eigenvalue weighted by atomic mass is 15.0. The molecule has 10 aromatic rings. The molecule has 2 aliphatic rings. The highest BCUT2D eigenvalue weighted by molar-refractivity contribution is 5.96. The molecule has 0 bridgehead atoms. The number of imidazole rings is 1. The van der Waals surface area contributed by atoms with Crippen molar-refractivity contribution in [2.75, 3.05) is 0 Å². The summed E-state index contributed by atoms with van der Waals surface area (Å²) in [7, 11) is 0. The molecular formula is C53H33N5. The maximum Gasteiger partial charge on any atom is 0.164 e. The number of hydrogen-bond donors (Lipinski definition) is 0. The van der Waals surface area contributed by atoms with E-state index >= 15 is 0 Å². The standard InChI is InChI=1S/C53H33N5/c1-3-15-34(16-4-1)48-49(58-32-14-13-25-47(58)54-48)35-26-28-37(29-27-35)51-55-50(36-17-5-2-6-18-36)56-52(57-51)38-30-31-42-41-21-9-12-24-45(41)53(46(42)33-38)43-22-10-7-19-39(43)40-20-8-11-23-44(40)53/h1-33H. The smallest absolute Gasteiger partial charge is 0.164 e. The summed E-state index contributed by atoms with van der Waals surface area (Å²) in [4.78, 5) is 20.6. The van der Waals surface area contributed by atoms with Crippen LogP contribution < -0.4 is 0 Å². The highest BCUT2D eigenvalue weighted by Crippen LogP contribution is 2.63. The minimum Gasteiger partial charge on any atom is -0.299 e. The molecule has 12 rings (SSSR count). The van der Waals surface area contributed by atoms with Crippen LogP contribution in [0, 0.1) is 0 Å². The summed E-state index contributed by atoms with van der Waals surface area (Å²) in [5.74, 6) is 1.88. The number of rotatable bonds is 5. The number of nitrogens with zero attached hydrogens (tertiary/aromatic N) is 5. The predicted octanol–water partition coefficient (Wildman–Crippen LogP) is 12.2. The molecule has 7 aromatic carbocycles. The number of fused-ring (bicyclic) bond motifs is 11. The molecule has 5 nitrogen and oxygen atoms in total. The first kappa shape index (κ1) is 32.5. The average molecular weight is 740 g/mol. The molecule has 0 N–H and O–H groups in total. The second-order valence-corrected chi connectivity index (χ2v) is 15.0. The Morgan fingerprint density at radius 3 is 1.38 bits per heavy atom. The van der Waals surface area contributed by atoms with E-state index in [1.807, 2.05) is 42.5 Å². The summed E-state index contributed by atoms with van der Waals surface area (Å²) >= 11 is 0. The lowest BCUT2D eigenvalue weighted by Gasteiger charge is -2.30. The lowest BCUT2D eigenvalue weighted by Crippen LogP contribution is -2.25. The fourth-order valence-electron chi connectivity index (χ4n) is 9.43. The monoisotopic (exact) mass is 739 g/mol.